The van der Waals surface area contributed by atoms with Crippen molar-refractivity contribution in [3.63, 3.8) is 0 Å². The topological polar surface area (TPSA) is 110 Å². The number of methoxy groups -OCH3 is 1. The molecule has 0 saturated heterocycles. The zero-order valence-electron chi connectivity index (χ0n) is 11.8. The van der Waals surface area contributed by atoms with E-state index in [1.165, 1.54) is 19.2 Å². The molecule has 0 spiro atoms. The molecule has 21 heavy (non-hydrogen) atoms. The Bertz CT molecular complexity index is 638. The summed E-state index contributed by atoms with van der Waals surface area (Å²) in [5.41, 5.74) is 0.253. The monoisotopic (exact) mass is 315 g/mol. The number of nitrogens with one attached hydrogen (secondary N) is 1. The second-order valence-electron chi connectivity index (χ2n) is 4.39. The van der Waals surface area contributed by atoms with Gasteiger partial charge in [0, 0.05) is 13.7 Å². The van der Waals surface area contributed by atoms with E-state index in [0.717, 1.165) is 6.07 Å². The van der Waals surface area contributed by atoms with Gasteiger partial charge in [-0.2, -0.15) is 0 Å². The van der Waals surface area contributed by atoms with Crippen LogP contribution < -0.4 is 5.32 Å². The third-order valence-corrected chi connectivity index (χ3v) is 4.47. The van der Waals surface area contributed by atoms with Gasteiger partial charge in [0.05, 0.1) is 17.1 Å². The zero-order chi connectivity index (χ0) is 16.0. The van der Waals surface area contributed by atoms with Crippen molar-refractivity contribution in [2.45, 2.75) is 11.8 Å². The molecule has 1 aromatic rings. The van der Waals surface area contributed by atoms with E-state index in [9.17, 15) is 18.0 Å². The van der Waals surface area contributed by atoms with E-state index < -0.39 is 27.5 Å². The Balaban J connectivity index is 2.95. The van der Waals surface area contributed by atoms with Crippen LogP contribution in [0.4, 0.5) is 0 Å². The molecule has 0 unspecified atom stereocenters. The third-order valence-electron chi connectivity index (χ3n) is 2.72. The molecular weight excluding hydrogens is 298 g/mol. The van der Waals surface area contributed by atoms with Crippen molar-refractivity contribution in [3.8, 4) is 0 Å². The first-order valence-electron chi connectivity index (χ1n) is 6.10. The van der Waals surface area contributed by atoms with Gasteiger partial charge in [0.1, 0.15) is 5.75 Å². The van der Waals surface area contributed by atoms with Crippen LogP contribution in [-0.4, -0.2) is 51.4 Å². The highest BCUT2D eigenvalue weighted by molar-refractivity contribution is 7.92. The molecular formula is C13H17NO6S. The fourth-order valence-corrected chi connectivity index (χ4v) is 3.13. The molecule has 0 aliphatic carbocycles. The van der Waals surface area contributed by atoms with Crippen LogP contribution in [0.2, 0.25) is 0 Å². The smallest absolute Gasteiger partial charge is 0.335 e. The quantitative estimate of drug-likeness (QED) is 0.697. The summed E-state index contributed by atoms with van der Waals surface area (Å²) in [6, 6.07) is 3.78. The molecule has 8 heteroatoms. The fourth-order valence-electron chi connectivity index (χ4n) is 1.66. The number of benzene rings is 1. The second-order valence-corrected chi connectivity index (χ2v) is 6.35. The highest BCUT2D eigenvalue weighted by Crippen LogP contribution is 2.18. The minimum Gasteiger partial charge on any atom is -0.478 e. The molecule has 116 valence electrons. The van der Waals surface area contributed by atoms with Crippen LogP contribution in [-0.2, 0) is 19.4 Å². The Hall–Kier alpha value is -1.93. The second kappa shape index (κ2) is 7.19. The molecule has 7 nitrogen and oxygen atoms in total. The van der Waals surface area contributed by atoms with Crippen molar-refractivity contribution < 1.29 is 27.9 Å². The fraction of sp³-hybridized carbons (Fsp3) is 0.385. The number of carboxylic acid groups (broad SMARTS) is 1. The summed E-state index contributed by atoms with van der Waals surface area (Å²) < 4.78 is 29.1. The van der Waals surface area contributed by atoms with Crippen molar-refractivity contribution in [3.05, 3.63) is 29.3 Å². The van der Waals surface area contributed by atoms with Crippen LogP contribution in [0.3, 0.4) is 0 Å². The number of carboxylic acids is 1. The highest BCUT2D eigenvalue weighted by Gasteiger charge is 2.22. The number of sulfone groups is 1. The van der Waals surface area contributed by atoms with Gasteiger partial charge in [-0.15, -0.1) is 0 Å². The summed E-state index contributed by atoms with van der Waals surface area (Å²) in [5.74, 6) is -2.62. The molecule has 2 N–H and O–H groups in total. The maximum Gasteiger partial charge on any atom is 0.335 e. The largest absolute Gasteiger partial charge is 0.478 e. The maximum absolute atomic E-state index is 12.2. The van der Waals surface area contributed by atoms with Crippen LogP contribution in [0.5, 0.6) is 0 Å². The Morgan fingerprint density at radius 1 is 1.33 bits per heavy atom. The highest BCUT2D eigenvalue weighted by atomic mass is 32.2. The minimum absolute atomic E-state index is 0.140. The average Bonchev–Trinajstić information content (AvgIpc) is 2.38. The van der Waals surface area contributed by atoms with E-state index in [0.29, 0.717) is 5.56 Å². The molecule has 0 aliphatic heterocycles. The van der Waals surface area contributed by atoms with Crippen molar-refractivity contribution in [2.24, 2.45) is 0 Å². The van der Waals surface area contributed by atoms with Crippen molar-refractivity contribution in [1.82, 2.24) is 5.32 Å². The standard InChI is InChI=1S/C13H17NO6S/c1-9-3-4-10(13(16)17)7-11(9)21(18,19)8-12(15)14-5-6-20-2/h3-4,7H,5-6,8H2,1-2H3,(H,14,15)(H,16,17). The summed E-state index contributed by atoms with van der Waals surface area (Å²) in [6.45, 7) is 2.03. The molecule has 1 aromatic carbocycles. The first-order valence-corrected chi connectivity index (χ1v) is 7.75. The number of rotatable bonds is 7. The van der Waals surface area contributed by atoms with Crippen LogP contribution in [0, 0.1) is 6.92 Å². The molecule has 0 fully saturated rings. The van der Waals surface area contributed by atoms with Gasteiger partial charge < -0.3 is 15.2 Å². The van der Waals surface area contributed by atoms with Crippen LogP contribution in [0.15, 0.2) is 23.1 Å². The van der Waals surface area contributed by atoms with Gasteiger partial charge in [-0.1, -0.05) is 6.07 Å². The SMILES string of the molecule is COCCNC(=O)CS(=O)(=O)c1cc(C(=O)O)ccc1C. The zero-order valence-corrected chi connectivity index (χ0v) is 12.6. The average molecular weight is 315 g/mol. The third kappa shape index (κ3) is 4.83. The molecule has 0 saturated carbocycles. The minimum atomic E-state index is -3.90. The Morgan fingerprint density at radius 3 is 2.57 bits per heavy atom. The molecule has 0 bridgehead atoms. The molecule has 0 heterocycles. The summed E-state index contributed by atoms with van der Waals surface area (Å²) in [7, 11) is -2.44. The van der Waals surface area contributed by atoms with Crippen molar-refractivity contribution in [1.29, 1.82) is 0 Å². The van der Waals surface area contributed by atoms with Crippen molar-refractivity contribution in [2.75, 3.05) is 26.0 Å². The first-order chi connectivity index (χ1) is 9.77. The number of hydrogen-bond acceptors (Lipinski definition) is 5. The van der Waals surface area contributed by atoms with Gasteiger partial charge in [-0.25, -0.2) is 13.2 Å². The summed E-state index contributed by atoms with van der Waals surface area (Å²) in [4.78, 5) is 22.3. The number of aryl methyl sites for hydroxylation is 1. The van der Waals surface area contributed by atoms with Crippen molar-refractivity contribution >= 4 is 21.7 Å². The Morgan fingerprint density at radius 2 is 2.00 bits per heavy atom. The lowest BCUT2D eigenvalue weighted by Gasteiger charge is -2.09. The Kier molecular flexibility index (Phi) is 5.86. The lowest BCUT2D eigenvalue weighted by molar-refractivity contribution is -0.118. The van der Waals surface area contributed by atoms with Crippen LogP contribution in [0.1, 0.15) is 15.9 Å². The van der Waals surface area contributed by atoms with E-state index in [4.69, 9.17) is 9.84 Å². The first kappa shape index (κ1) is 17.1. The molecule has 0 aliphatic rings. The number of hydrogen-bond donors (Lipinski definition) is 2. The lowest BCUT2D eigenvalue weighted by Crippen LogP contribution is -2.32. The molecule has 0 atom stereocenters. The van der Waals surface area contributed by atoms with Gasteiger partial charge in [0.15, 0.2) is 9.84 Å². The van der Waals surface area contributed by atoms with E-state index >= 15 is 0 Å². The van der Waals surface area contributed by atoms with E-state index in [2.05, 4.69) is 5.32 Å². The lowest BCUT2D eigenvalue weighted by atomic mass is 10.1. The van der Waals surface area contributed by atoms with Crippen LogP contribution in [0.25, 0.3) is 0 Å². The van der Waals surface area contributed by atoms with Gasteiger partial charge in [0.25, 0.3) is 0 Å². The van der Waals surface area contributed by atoms with Gasteiger partial charge in [0.2, 0.25) is 5.91 Å². The van der Waals surface area contributed by atoms with Gasteiger partial charge >= 0.3 is 5.97 Å². The maximum atomic E-state index is 12.2. The van der Waals surface area contributed by atoms with E-state index in [-0.39, 0.29) is 23.6 Å². The number of carbonyl (C=O) groups is 2. The molecule has 0 radical (unpaired) electrons. The van der Waals surface area contributed by atoms with E-state index in [1.807, 2.05) is 0 Å². The molecule has 0 aromatic heterocycles. The predicted molar refractivity (Wildman–Crippen MR) is 75.1 cm³/mol. The van der Waals surface area contributed by atoms with Crippen LogP contribution >= 0.6 is 0 Å². The number of ether oxygens (including phenoxy) is 1. The van der Waals surface area contributed by atoms with Gasteiger partial charge in [-0.05, 0) is 24.6 Å². The molecule has 1 amide bonds. The number of amides is 1. The molecule has 1 rings (SSSR count). The van der Waals surface area contributed by atoms with E-state index in [1.54, 1.807) is 6.92 Å². The summed E-state index contributed by atoms with van der Waals surface area (Å²) in [5, 5.41) is 11.3. The normalized spacial score (nSPS) is 11.1. The van der Waals surface area contributed by atoms with Gasteiger partial charge in [-0.3, -0.25) is 4.79 Å². The number of aromatic carboxylic acids is 1. The summed E-state index contributed by atoms with van der Waals surface area (Å²) >= 11 is 0. The number of carbonyl (C=O) groups excluding carboxylic acids is 1. The predicted octanol–water partition coefficient (Wildman–Crippen LogP) is 0.230. The summed E-state index contributed by atoms with van der Waals surface area (Å²) in [6.07, 6.45) is 0. The Labute approximate surface area is 122 Å².